The van der Waals surface area contributed by atoms with Crippen LogP contribution in [-0.2, 0) is 48.6 Å². The van der Waals surface area contributed by atoms with Crippen molar-refractivity contribution in [3.8, 4) is 11.5 Å². The number of nitrogens with zero attached hydrogens (tertiary/aromatic N) is 3. The molecule has 0 spiro atoms. The summed E-state index contributed by atoms with van der Waals surface area (Å²) in [5.74, 6) is -0.103. The summed E-state index contributed by atoms with van der Waals surface area (Å²) < 4.78 is 0. The van der Waals surface area contributed by atoms with Crippen molar-refractivity contribution in [1.29, 1.82) is 0 Å². The summed E-state index contributed by atoms with van der Waals surface area (Å²) >= 11 is 0. The van der Waals surface area contributed by atoms with E-state index < -0.39 is 0 Å². The molecule has 0 fully saturated rings. The number of unbranched alkanes of at least 4 members (excludes halogenated alkanes) is 7. The van der Waals surface area contributed by atoms with Crippen LogP contribution in [0.4, 0.5) is 17.1 Å². The number of rotatable bonds is 24. The first-order valence-electron chi connectivity index (χ1n) is 22.8. The molecule has 0 bridgehead atoms. The van der Waals surface area contributed by atoms with Crippen LogP contribution in [0.25, 0.3) is 10.8 Å². The van der Waals surface area contributed by atoms with Gasteiger partial charge in [-0.15, -0.1) is 0 Å². The fraction of sp³-hybridized carbons (Fsp3) is 0.538. The Balaban J connectivity index is 0.000000448. The number of fused-ring (bicyclic) bond motifs is 1. The predicted octanol–water partition coefficient (Wildman–Crippen LogP) is 15.2. The van der Waals surface area contributed by atoms with E-state index in [4.69, 9.17) is 9.98 Å². The summed E-state index contributed by atoms with van der Waals surface area (Å²) in [7, 11) is 2.09. The Morgan fingerprint density at radius 1 is 0.552 bits per heavy atom. The van der Waals surface area contributed by atoms with E-state index in [-0.39, 0.29) is 28.0 Å². The fourth-order valence-corrected chi connectivity index (χ4v) is 7.36. The molecule has 0 aliphatic carbocycles. The first kappa shape index (κ1) is 50.5. The molecule has 2 N–H and O–H groups in total. The number of aryl methyl sites for hydroxylation is 5. The number of aromatic hydroxyl groups is 2. The molecule has 0 unspecified atom stereocenters. The largest absolute Gasteiger partial charge is 0.504 e. The van der Waals surface area contributed by atoms with Crippen molar-refractivity contribution in [2.24, 2.45) is 9.98 Å². The van der Waals surface area contributed by atoms with Crippen LogP contribution in [0.15, 0.2) is 70.6 Å². The number of anilines is 1. The molecule has 58 heavy (non-hydrogen) atoms. The van der Waals surface area contributed by atoms with E-state index in [0.29, 0.717) is 0 Å². The van der Waals surface area contributed by atoms with E-state index in [9.17, 15) is 10.2 Å². The van der Waals surface area contributed by atoms with Gasteiger partial charge in [-0.1, -0.05) is 105 Å². The number of hydrogen-bond donors (Lipinski definition) is 2. The van der Waals surface area contributed by atoms with Crippen molar-refractivity contribution in [2.45, 2.75) is 170 Å². The molecule has 0 heterocycles. The van der Waals surface area contributed by atoms with Crippen LogP contribution in [0.2, 0.25) is 0 Å². The van der Waals surface area contributed by atoms with Gasteiger partial charge in [0.05, 0.1) is 17.1 Å². The molecule has 0 aliphatic rings. The summed E-state index contributed by atoms with van der Waals surface area (Å²) in [5, 5.41) is 21.5. The second kappa shape index (κ2) is 28.7. The van der Waals surface area contributed by atoms with E-state index in [2.05, 4.69) is 103 Å². The van der Waals surface area contributed by atoms with Crippen molar-refractivity contribution < 1.29 is 26.7 Å². The van der Waals surface area contributed by atoms with Crippen LogP contribution < -0.4 is 4.90 Å². The zero-order valence-electron chi connectivity index (χ0n) is 37.5. The topological polar surface area (TPSA) is 68.4 Å². The Morgan fingerprint density at radius 3 is 1.62 bits per heavy atom. The minimum atomic E-state index is -0.0568. The summed E-state index contributed by atoms with van der Waals surface area (Å²) in [5.41, 5.74) is 11.7. The van der Waals surface area contributed by atoms with Gasteiger partial charge in [-0.3, -0.25) is 9.98 Å². The van der Waals surface area contributed by atoms with Gasteiger partial charge in [-0.05, 0) is 165 Å². The molecule has 0 saturated heterocycles. The van der Waals surface area contributed by atoms with Gasteiger partial charge in [0.2, 0.25) is 0 Å². The summed E-state index contributed by atoms with van der Waals surface area (Å²) in [4.78, 5) is 12.2. The van der Waals surface area contributed by atoms with Gasteiger partial charge in [0.15, 0.2) is 11.5 Å². The predicted molar refractivity (Wildman–Crippen MR) is 252 cm³/mol. The Morgan fingerprint density at radius 2 is 1.07 bits per heavy atom. The molecule has 4 rings (SSSR count). The quantitative estimate of drug-likeness (QED) is 0.0320. The smallest absolute Gasteiger partial charge is 0.158 e. The molecule has 4 aromatic rings. The average molecular weight is 835 g/mol. The van der Waals surface area contributed by atoms with Gasteiger partial charge < -0.3 is 15.1 Å². The SMILES string of the molecule is CCCCC(C=Nc1ccc(CCCC)c(CCCC)c1)=Nc1ccc(CCCC)c(CCCC)c1.CCCCCc1c(N(C)CC)ccc2cc(O)c(O)cc12.[Ni]. The Bertz CT molecular complexity index is 1830. The molecule has 0 aromatic heterocycles. The molecule has 322 valence electrons. The van der Waals surface area contributed by atoms with Gasteiger partial charge in [-0.2, -0.15) is 0 Å². The van der Waals surface area contributed by atoms with Crippen molar-refractivity contribution >= 4 is 39.8 Å². The number of phenolic OH excluding ortho intramolecular Hbond substituents is 2. The Hall–Kier alpha value is -3.63. The average Bonchev–Trinajstić information content (AvgIpc) is 3.22. The zero-order valence-corrected chi connectivity index (χ0v) is 38.5. The van der Waals surface area contributed by atoms with Gasteiger partial charge in [0.1, 0.15) is 0 Å². The molecular weight excluding hydrogens is 757 g/mol. The van der Waals surface area contributed by atoms with Crippen LogP contribution in [0.5, 0.6) is 11.5 Å². The maximum absolute atomic E-state index is 9.84. The molecule has 0 amide bonds. The monoisotopic (exact) mass is 834 g/mol. The van der Waals surface area contributed by atoms with E-state index in [0.717, 1.165) is 79.3 Å². The number of hydrogen-bond acceptors (Lipinski definition) is 5. The van der Waals surface area contributed by atoms with Crippen molar-refractivity contribution in [2.75, 3.05) is 18.5 Å². The second-order valence-electron chi connectivity index (χ2n) is 15.9. The number of benzene rings is 4. The van der Waals surface area contributed by atoms with Crippen molar-refractivity contribution in [3.63, 3.8) is 0 Å². The maximum Gasteiger partial charge on any atom is 0.158 e. The summed E-state index contributed by atoms with van der Waals surface area (Å²) in [6.45, 7) is 16.6. The second-order valence-corrected chi connectivity index (χ2v) is 15.9. The Kier molecular flexibility index (Phi) is 25.0. The van der Waals surface area contributed by atoms with E-state index in [1.54, 1.807) is 12.1 Å². The first-order valence-corrected chi connectivity index (χ1v) is 22.8. The summed E-state index contributed by atoms with van der Waals surface area (Å²) in [6, 6.07) is 21.2. The standard InChI is InChI=1S/C34H52N2.C18H25NO2.Ni/c1-6-11-16-28-21-23-32(25-30(28)18-13-8-3)35-27-34(20-15-10-5)36-33-24-22-29(17-12-7-2)31(26-33)19-14-9-4;1-4-6-7-8-14-15-12-18(21)17(20)11-13(15)9-10-16(14)19(3)5-2;/h21-27H,6-20H2,1-5H3;9-12,20-21H,4-8H2,1-3H3;. The third-order valence-corrected chi connectivity index (χ3v) is 11.1. The first-order chi connectivity index (χ1) is 27.7. The number of phenols is 2. The van der Waals surface area contributed by atoms with E-state index in [1.807, 2.05) is 12.3 Å². The molecule has 4 aromatic carbocycles. The van der Waals surface area contributed by atoms with Crippen LogP contribution in [-0.4, -0.2) is 35.7 Å². The molecule has 5 nitrogen and oxygen atoms in total. The van der Waals surface area contributed by atoms with Crippen LogP contribution >= 0.6 is 0 Å². The van der Waals surface area contributed by atoms with Gasteiger partial charge >= 0.3 is 0 Å². The van der Waals surface area contributed by atoms with Crippen molar-refractivity contribution in [1.82, 2.24) is 0 Å². The number of aliphatic imine (C=N–C) groups is 2. The van der Waals surface area contributed by atoms with Gasteiger partial charge in [0.25, 0.3) is 0 Å². The molecule has 0 radical (unpaired) electrons. The van der Waals surface area contributed by atoms with Gasteiger partial charge in [-0.25, -0.2) is 0 Å². The van der Waals surface area contributed by atoms with Crippen molar-refractivity contribution in [3.05, 3.63) is 88.5 Å². The molecular formula is C52H77N3NiO2. The molecule has 0 saturated carbocycles. The van der Waals surface area contributed by atoms with Crippen LogP contribution in [0, 0.1) is 0 Å². The fourth-order valence-electron chi connectivity index (χ4n) is 7.36. The third kappa shape index (κ3) is 16.6. The van der Waals surface area contributed by atoms with E-state index >= 15 is 0 Å². The zero-order chi connectivity index (χ0) is 41.4. The molecule has 0 atom stereocenters. The van der Waals surface area contributed by atoms with E-state index in [1.165, 1.54) is 111 Å². The minimum absolute atomic E-state index is 0. The van der Waals surface area contributed by atoms with Crippen LogP contribution in [0.1, 0.15) is 166 Å². The van der Waals surface area contributed by atoms with Crippen LogP contribution in [0.3, 0.4) is 0 Å². The summed E-state index contributed by atoms with van der Waals surface area (Å²) in [6.07, 6.45) is 24.4. The minimum Gasteiger partial charge on any atom is -0.504 e. The van der Waals surface area contributed by atoms with Gasteiger partial charge in [0, 0.05) is 42.0 Å². The molecule has 0 aliphatic heterocycles. The molecule has 6 heteroatoms. The third-order valence-electron chi connectivity index (χ3n) is 11.1. The Labute approximate surface area is 363 Å². The normalized spacial score (nSPS) is 11.5. The maximum atomic E-state index is 9.84.